The molecule has 0 aliphatic carbocycles. The van der Waals surface area contributed by atoms with E-state index in [1.54, 1.807) is 6.33 Å². The van der Waals surface area contributed by atoms with E-state index in [1.165, 1.54) is 6.33 Å². The van der Waals surface area contributed by atoms with Gasteiger partial charge in [-0.1, -0.05) is 5.16 Å². The third kappa shape index (κ3) is 3.10. The van der Waals surface area contributed by atoms with Crippen LogP contribution in [0.5, 0.6) is 0 Å². The minimum absolute atomic E-state index is 0.324. The second-order valence-corrected chi connectivity index (χ2v) is 3.98. The summed E-state index contributed by atoms with van der Waals surface area (Å²) < 4.78 is 6.80. The maximum absolute atomic E-state index is 4.90. The first-order chi connectivity index (χ1) is 8.27. The Morgan fingerprint density at radius 1 is 1.35 bits per heavy atom. The Balaban J connectivity index is 1.76. The lowest BCUT2D eigenvalue weighted by Gasteiger charge is -2.09. The Bertz CT molecular complexity index is 435. The SMILES string of the molecule is CC(C)n1ncnc1CNCCc1ncno1. The third-order valence-electron chi connectivity index (χ3n) is 2.34. The molecule has 0 aromatic carbocycles. The van der Waals surface area contributed by atoms with Gasteiger partial charge in [-0.2, -0.15) is 10.1 Å². The molecule has 0 bridgehead atoms. The zero-order valence-corrected chi connectivity index (χ0v) is 10.00. The molecule has 7 heteroatoms. The van der Waals surface area contributed by atoms with Crippen LogP contribution in [-0.4, -0.2) is 31.4 Å². The van der Waals surface area contributed by atoms with Crippen LogP contribution in [0.3, 0.4) is 0 Å². The monoisotopic (exact) mass is 236 g/mol. The molecule has 2 rings (SSSR count). The van der Waals surface area contributed by atoms with Crippen molar-refractivity contribution in [3.63, 3.8) is 0 Å². The minimum Gasteiger partial charge on any atom is -0.340 e. The molecule has 0 saturated carbocycles. The lowest BCUT2D eigenvalue weighted by molar-refractivity contribution is 0.374. The summed E-state index contributed by atoms with van der Waals surface area (Å²) in [4.78, 5) is 8.16. The van der Waals surface area contributed by atoms with Gasteiger partial charge in [-0.25, -0.2) is 9.67 Å². The van der Waals surface area contributed by atoms with E-state index >= 15 is 0 Å². The lowest BCUT2D eigenvalue weighted by Crippen LogP contribution is -2.20. The Labute approximate surface area is 99.2 Å². The van der Waals surface area contributed by atoms with Crippen molar-refractivity contribution in [3.05, 3.63) is 24.4 Å². The summed E-state index contributed by atoms with van der Waals surface area (Å²) in [7, 11) is 0. The maximum atomic E-state index is 4.90. The van der Waals surface area contributed by atoms with Gasteiger partial charge in [-0.3, -0.25) is 0 Å². The molecule has 7 nitrogen and oxygen atoms in total. The van der Waals surface area contributed by atoms with Gasteiger partial charge in [0.15, 0.2) is 6.33 Å². The van der Waals surface area contributed by atoms with Crippen molar-refractivity contribution >= 4 is 0 Å². The van der Waals surface area contributed by atoms with Crippen molar-refractivity contribution in [1.29, 1.82) is 0 Å². The average Bonchev–Trinajstić information content (AvgIpc) is 2.95. The van der Waals surface area contributed by atoms with Crippen molar-refractivity contribution < 1.29 is 4.52 Å². The van der Waals surface area contributed by atoms with Gasteiger partial charge >= 0.3 is 0 Å². The molecule has 2 heterocycles. The number of nitrogens with one attached hydrogen (secondary N) is 1. The molecule has 1 N–H and O–H groups in total. The van der Waals surface area contributed by atoms with Gasteiger partial charge in [0.25, 0.3) is 0 Å². The fourth-order valence-corrected chi connectivity index (χ4v) is 1.53. The number of aromatic nitrogens is 5. The molecule has 0 aliphatic rings. The normalized spacial score (nSPS) is 11.2. The van der Waals surface area contributed by atoms with Crippen molar-refractivity contribution in [2.24, 2.45) is 0 Å². The Hall–Kier alpha value is -1.76. The molecule has 0 spiro atoms. The highest BCUT2D eigenvalue weighted by atomic mass is 16.5. The van der Waals surface area contributed by atoms with Crippen molar-refractivity contribution in [3.8, 4) is 0 Å². The van der Waals surface area contributed by atoms with E-state index in [1.807, 2.05) is 4.68 Å². The van der Waals surface area contributed by atoms with Crippen LogP contribution in [0.15, 0.2) is 17.2 Å². The molecule has 92 valence electrons. The van der Waals surface area contributed by atoms with Crippen molar-refractivity contribution in [2.45, 2.75) is 32.9 Å². The molecule has 0 atom stereocenters. The van der Waals surface area contributed by atoms with Crippen LogP contribution in [0.25, 0.3) is 0 Å². The van der Waals surface area contributed by atoms with Gasteiger partial charge in [0.05, 0.1) is 6.54 Å². The Kier molecular flexibility index (Phi) is 3.81. The first-order valence-corrected chi connectivity index (χ1v) is 5.62. The van der Waals surface area contributed by atoms with Crippen LogP contribution < -0.4 is 5.32 Å². The topological polar surface area (TPSA) is 81.7 Å². The highest BCUT2D eigenvalue weighted by Gasteiger charge is 2.06. The van der Waals surface area contributed by atoms with E-state index in [9.17, 15) is 0 Å². The smallest absolute Gasteiger partial charge is 0.227 e. The van der Waals surface area contributed by atoms with Gasteiger partial charge in [0, 0.05) is 19.0 Å². The van der Waals surface area contributed by atoms with Crippen LogP contribution in [0, 0.1) is 0 Å². The summed E-state index contributed by atoms with van der Waals surface area (Å²) in [5, 5.41) is 11.0. The predicted octanol–water partition coefficient (Wildman–Crippen LogP) is 0.574. The first kappa shape index (κ1) is 11.7. The Morgan fingerprint density at radius 3 is 2.94 bits per heavy atom. The van der Waals surface area contributed by atoms with Crippen LogP contribution in [0.1, 0.15) is 31.6 Å². The van der Waals surface area contributed by atoms with Gasteiger partial charge in [0.1, 0.15) is 12.2 Å². The van der Waals surface area contributed by atoms with E-state index in [2.05, 4.69) is 39.4 Å². The number of nitrogens with zero attached hydrogens (tertiary/aromatic N) is 5. The summed E-state index contributed by atoms with van der Waals surface area (Å²) in [6.07, 6.45) is 3.70. The van der Waals surface area contributed by atoms with E-state index in [0.29, 0.717) is 18.5 Å². The van der Waals surface area contributed by atoms with Crippen molar-refractivity contribution in [2.75, 3.05) is 6.54 Å². The highest BCUT2D eigenvalue weighted by Crippen LogP contribution is 2.04. The molecular formula is C10H16N6O. The molecule has 17 heavy (non-hydrogen) atoms. The molecule has 0 fully saturated rings. The standard InChI is InChI=1S/C10H16N6O/c1-8(2)16-9(12-6-14-16)5-11-4-3-10-13-7-15-17-10/h6-8,11H,3-5H2,1-2H3. The summed E-state index contributed by atoms with van der Waals surface area (Å²) in [6, 6.07) is 0.324. The average molecular weight is 236 g/mol. The number of rotatable bonds is 6. The van der Waals surface area contributed by atoms with Crippen LogP contribution >= 0.6 is 0 Å². The third-order valence-corrected chi connectivity index (χ3v) is 2.34. The first-order valence-electron chi connectivity index (χ1n) is 5.62. The summed E-state index contributed by atoms with van der Waals surface area (Å²) in [6.45, 7) is 5.62. The Morgan fingerprint density at radius 2 is 2.24 bits per heavy atom. The minimum atomic E-state index is 0.324. The fourth-order valence-electron chi connectivity index (χ4n) is 1.53. The predicted molar refractivity (Wildman–Crippen MR) is 60.1 cm³/mol. The van der Waals surface area contributed by atoms with Crippen LogP contribution in [0.4, 0.5) is 0 Å². The second-order valence-electron chi connectivity index (χ2n) is 3.98. The van der Waals surface area contributed by atoms with Crippen LogP contribution in [-0.2, 0) is 13.0 Å². The fraction of sp³-hybridized carbons (Fsp3) is 0.600. The maximum Gasteiger partial charge on any atom is 0.227 e. The molecule has 0 aliphatic heterocycles. The molecule has 0 radical (unpaired) electrons. The van der Waals surface area contributed by atoms with Gasteiger partial charge in [0.2, 0.25) is 5.89 Å². The van der Waals surface area contributed by atoms with E-state index < -0.39 is 0 Å². The number of hydrogen-bond acceptors (Lipinski definition) is 6. The second kappa shape index (κ2) is 5.53. The summed E-state index contributed by atoms with van der Waals surface area (Å²) >= 11 is 0. The van der Waals surface area contributed by atoms with Crippen molar-refractivity contribution in [1.82, 2.24) is 30.2 Å². The zero-order valence-electron chi connectivity index (χ0n) is 10.00. The molecule has 2 aromatic heterocycles. The molecule has 0 unspecified atom stereocenters. The van der Waals surface area contributed by atoms with Gasteiger partial charge in [-0.05, 0) is 13.8 Å². The summed E-state index contributed by atoms with van der Waals surface area (Å²) in [5.41, 5.74) is 0. The highest BCUT2D eigenvalue weighted by molar-refractivity contribution is 4.86. The van der Waals surface area contributed by atoms with Gasteiger partial charge in [-0.15, -0.1) is 0 Å². The molecule has 0 amide bonds. The van der Waals surface area contributed by atoms with Gasteiger partial charge < -0.3 is 9.84 Å². The summed E-state index contributed by atoms with van der Waals surface area (Å²) in [5.74, 6) is 1.58. The molecular weight excluding hydrogens is 220 g/mol. The van der Waals surface area contributed by atoms with E-state index in [4.69, 9.17) is 4.52 Å². The molecule has 2 aromatic rings. The van der Waals surface area contributed by atoms with E-state index in [0.717, 1.165) is 18.8 Å². The zero-order chi connectivity index (χ0) is 12.1. The number of hydrogen-bond donors (Lipinski definition) is 1. The van der Waals surface area contributed by atoms with Crippen LogP contribution in [0.2, 0.25) is 0 Å². The lowest BCUT2D eigenvalue weighted by atomic mass is 10.4. The quantitative estimate of drug-likeness (QED) is 0.739. The molecule has 0 saturated heterocycles. The van der Waals surface area contributed by atoms with E-state index in [-0.39, 0.29) is 0 Å². The largest absolute Gasteiger partial charge is 0.340 e.